The maximum atomic E-state index is 13.0. The fourth-order valence-electron chi connectivity index (χ4n) is 3.42. The van der Waals surface area contributed by atoms with Crippen LogP contribution in [-0.4, -0.2) is 35.3 Å². The van der Waals surface area contributed by atoms with Crippen LogP contribution in [0, 0.1) is 0 Å². The normalized spacial score (nSPS) is 14.8. The summed E-state index contributed by atoms with van der Waals surface area (Å²) in [6.07, 6.45) is 0.382. The van der Waals surface area contributed by atoms with E-state index >= 15 is 0 Å². The monoisotopic (exact) mass is 384 g/mol. The first-order valence-electron chi connectivity index (χ1n) is 8.34. The van der Waals surface area contributed by atoms with E-state index in [9.17, 15) is 18.0 Å². The van der Waals surface area contributed by atoms with Gasteiger partial charge in [0.25, 0.3) is 5.56 Å². The highest BCUT2D eigenvalue weighted by Crippen LogP contribution is 2.28. The number of rotatable bonds is 3. The molecule has 1 aliphatic rings. The molecule has 0 spiro atoms. The molecule has 0 unspecified atom stereocenters. The Labute approximate surface area is 154 Å². The number of nitrogens with one attached hydrogen (secondary N) is 1. The Hall–Kier alpha value is -2.97. The number of benzene rings is 2. The van der Waals surface area contributed by atoms with E-state index in [4.69, 9.17) is 5.11 Å². The fraction of sp³-hybridized carbons (Fsp3) is 0.158. The van der Waals surface area contributed by atoms with E-state index in [0.29, 0.717) is 11.8 Å². The molecule has 7 nitrogen and oxygen atoms in total. The third-order valence-corrected chi connectivity index (χ3v) is 6.63. The summed E-state index contributed by atoms with van der Waals surface area (Å²) in [6.45, 7) is 0.327. The van der Waals surface area contributed by atoms with Crippen molar-refractivity contribution in [1.29, 1.82) is 0 Å². The second-order valence-corrected chi connectivity index (χ2v) is 8.32. The van der Waals surface area contributed by atoms with Crippen LogP contribution >= 0.6 is 0 Å². The molecule has 2 N–H and O–H groups in total. The second kappa shape index (κ2) is 6.33. The molecule has 27 heavy (non-hydrogen) atoms. The molecular weight excluding hydrogens is 368 g/mol. The van der Waals surface area contributed by atoms with Crippen molar-refractivity contribution in [2.75, 3.05) is 6.54 Å². The van der Waals surface area contributed by atoms with Crippen LogP contribution in [0.2, 0.25) is 0 Å². The fourth-order valence-corrected chi connectivity index (χ4v) is 4.87. The number of carbonyl (C=O) groups is 1. The molecule has 0 saturated carbocycles. The maximum Gasteiger partial charge on any atom is 0.335 e. The summed E-state index contributed by atoms with van der Waals surface area (Å²) in [5, 5.41) is 10.4. The minimum atomic E-state index is -3.86. The van der Waals surface area contributed by atoms with Gasteiger partial charge < -0.3 is 10.1 Å². The largest absolute Gasteiger partial charge is 0.478 e. The number of pyridine rings is 1. The van der Waals surface area contributed by atoms with Crippen molar-refractivity contribution in [3.8, 4) is 0 Å². The van der Waals surface area contributed by atoms with Gasteiger partial charge in [0.05, 0.1) is 10.5 Å². The lowest BCUT2D eigenvalue weighted by Crippen LogP contribution is -2.37. The van der Waals surface area contributed by atoms with Crippen molar-refractivity contribution in [3.63, 3.8) is 0 Å². The van der Waals surface area contributed by atoms with Crippen LogP contribution in [0.5, 0.6) is 0 Å². The van der Waals surface area contributed by atoms with Gasteiger partial charge in [-0.15, -0.1) is 0 Å². The number of hydrogen-bond donors (Lipinski definition) is 2. The van der Waals surface area contributed by atoms with Gasteiger partial charge in [0.15, 0.2) is 0 Å². The highest BCUT2D eigenvalue weighted by Gasteiger charge is 2.30. The van der Waals surface area contributed by atoms with E-state index in [1.54, 1.807) is 12.1 Å². The molecule has 0 radical (unpaired) electrons. The quantitative estimate of drug-likeness (QED) is 0.718. The van der Waals surface area contributed by atoms with Crippen LogP contribution in [0.25, 0.3) is 10.8 Å². The Balaban J connectivity index is 1.78. The molecule has 0 saturated heterocycles. The summed E-state index contributed by atoms with van der Waals surface area (Å²) in [5.41, 5.74) is 1.25. The van der Waals surface area contributed by atoms with Crippen LogP contribution < -0.4 is 5.56 Å². The maximum absolute atomic E-state index is 13.0. The Morgan fingerprint density at radius 1 is 1.07 bits per heavy atom. The molecule has 2 aromatic carbocycles. The topological polar surface area (TPSA) is 108 Å². The number of aromatic nitrogens is 1. The van der Waals surface area contributed by atoms with Gasteiger partial charge in [0, 0.05) is 30.6 Å². The summed E-state index contributed by atoms with van der Waals surface area (Å²) in [6, 6.07) is 12.4. The number of nitrogens with zero attached hydrogens (tertiary/aromatic N) is 1. The van der Waals surface area contributed by atoms with Gasteiger partial charge >= 0.3 is 5.97 Å². The zero-order valence-electron chi connectivity index (χ0n) is 14.2. The Morgan fingerprint density at radius 2 is 1.81 bits per heavy atom. The van der Waals surface area contributed by atoms with Gasteiger partial charge in [-0.2, -0.15) is 4.31 Å². The summed E-state index contributed by atoms with van der Waals surface area (Å²) in [4.78, 5) is 26.2. The lowest BCUT2D eigenvalue weighted by molar-refractivity contribution is 0.0696. The minimum absolute atomic E-state index is 0.0559. The first-order chi connectivity index (χ1) is 12.9. The molecule has 0 fully saturated rings. The van der Waals surface area contributed by atoms with Crippen molar-refractivity contribution in [3.05, 3.63) is 75.7 Å². The van der Waals surface area contributed by atoms with E-state index in [2.05, 4.69) is 4.98 Å². The van der Waals surface area contributed by atoms with Crippen molar-refractivity contribution in [2.45, 2.75) is 17.9 Å². The lowest BCUT2D eigenvalue weighted by atomic mass is 10.0. The predicted octanol–water partition coefficient (Wildman–Crippen LogP) is 1.97. The van der Waals surface area contributed by atoms with E-state index in [-0.39, 0.29) is 29.1 Å². The van der Waals surface area contributed by atoms with Gasteiger partial charge in [-0.3, -0.25) is 4.79 Å². The van der Waals surface area contributed by atoms with Gasteiger partial charge in [-0.1, -0.05) is 24.3 Å². The van der Waals surface area contributed by atoms with Gasteiger partial charge in [-0.25, -0.2) is 13.2 Å². The molecular formula is C19H16N2O5S. The molecule has 0 amide bonds. The number of H-pyrrole nitrogens is 1. The lowest BCUT2D eigenvalue weighted by Gasteiger charge is -2.28. The van der Waals surface area contributed by atoms with E-state index < -0.39 is 16.0 Å². The highest BCUT2D eigenvalue weighted by atomic mass is 32.2. The zero-order chi connectivity index (χ0) is 19.2. The van der Waals surface area contributed by atoms with Crippen LogP contribution in [-0.2, 0) is 23.0 Å². The molecule has 1 aliphatic heterocycles. The summed E-state index contributed by atoms with van der Waals surface area (Å²) in [7, 11) is -3.86. The number of aromatic amines is 1. The van der Waals surface area contributed by atoms with Gasteiger partial charge in [-0.05, 0) is 35.2 Å². The van der Waals surface area contributed by atoms with E-state index in [1.165, 1.54) is 22.5 Å². The van der Waals surface area contributed by atoms with Crippen LogP contribution in [0.3, 0.4) is 0 Å². The Bertz CT molecular complexity index is 1230. The SMILES string of the molecule is O=C(O)c1cccc(S(=O)(=O)N2CCc3[nH]c(=O)c4ccccc4c3C2)c1. The number of sulfonamides is 1. The number of aromatic carboxylic acids is 1. The Morgan fingerprint density at radius 3 is 2.56 bits per heavy atom. The summed E-state index contributed by atoms with van der Waals surface area (Å²) >= 11 is 0. The molecule has 0 atom stereocenters. The molecule has 1 aromatic heterocycles. The van der Waals surface area contributed by atoms with Gasteiger partial charge in [0.1, 0.15) is 0 Å². The molecule has 8 heteroatoms. The number of hydrogen-bond acceptors (Lipinski definition) is 4. The number of carboxylic acids is 1. The minimum Gasteiger partial charge on any atom is -0.478 e. The van der Waals surface area contributed by atoms with Crippen molar-refractivity contribution < 1.29 is 18.3 Å². The third kappa shape index (κ3) is 2.92. The van der Waals surface area contributed by atoms with Crippen LogP contribution in [0.4, 0.5) is 0 Å². The number of carboxylic acid groups (broad SMARTS) is 1. The first kappa shape index (κ1) is 17.4. The summed E-state index contributed by atoms with van der Waals surface area (Å²) < 4.78 is 27.4. The summed E-state index contributed by atoms with van der Waals surface area (Å²) in [5.74, 6) is -1.18. The molecule has 0 aliphatic carbocycles. The second-order valence-electron chi connectivity index (χ2n) is 6.38. The molecule has 2 heterocycles. The van der Waals surface area contributed by atoms with Gasteiger partial charge in [0.2, 0.25) is 10.0 Å². The van der Waals surface area contributed by atoms with Crippen LogP contribution in [0.1, 0.15) is 21.6 Å². The molecule has 138 valence electrons. The van der Waals surface area contributed by atoms with Crippen molar-refractivity contribution in [2.24, 2.45) is 0 Å². The smallest absolute Gasteiger partial charge is 0.335 e. The van der Waals surface area contributed by atoms with Crippen molar-refractivity contribution in [1.82, 2.24) is 9.29 Å². The average Bonchev–Trinajstić information content (AvgIpc) is 2.68. The molecule has 0 bridgehead atoms. The highest BCUT2D eigenvalue weighted by molar-refractivity contribution is 7.89. The zero-order valence-corrected chi connectivity index (χ0v) is 15.0. The number of fused-ring (bicyclic) bond motifs is 3. The van der Waals surface area contributed by atoms with E-state index in [0.717, 1.165) is 22.7 Å². The van der Waals surface area contributed by atoms with Crippen LogP contribution in [0.15, 0.2) is 58.2 Å². The average molecular weight is 384 g/mol. The first-order valence-corrected chi connectivity index (χ1v) is 9.78. The predicted molar refractivity (Wildman–Crippen MR) is 99.3 cm³/mol. The standard InChI is InChI=1S/C19H16N2O5S/c22-18-15-7-2-1-6-14(15)16-11-21(9-8-17(16)20-18)27(25,26)13-5-3-4-12(10-13)19(23)24/h1-7,10H,8-9,11H2,(H,20,22)(H,23,24). The van der Waals surface area contributed by atoms with E-state index in [1.807, 2.05) is 12.1 Å². The van der Waals surface area contributed by atoms with Crippen molar-refractivity contribution >= 4 is 26.8 Å². The third-order valence-electron chi connectivity index (χ3n) is 4.79. The Kier molecular flexibility index (Phi) is 4.09. The molecule has 3 aromatic rings. The molecule has 4 rings (SSSR count).